The smallest absolute Gasteiger partial charge is 0.315 e. The van der Waals surface area contributed by atoms with Crippen LogP contribution in [0.1, 0.15) is 27.8 Å². The summed E-state index contributed by atoms with van der Waals surface area (Å²) in [6, 6.07) is 25.7. The molecule has 0 radical (unpaired) electrons. The largest absolute Gasteiger partial charge is 0.326 e. The van der Waals surface area contributed by atoms with Crippen LogP contribution in [0.2, 0.25) is 0 Å². The molecule has 3 amide bonds. The van der Waals surface area contributed by atoms with Gasteiger partial charge in [0.1, 0.15) is 0 Å². The molecule has 5 rings (SSSR count). The SMILES string of the molecule is Cc1ccc([C@@]2(c3ccccc3)NC(=O)N(CN3CCN(Cc4ccccc4)CC3)C2=O)cc1C. The van der Waals surface area contributed by atoms with Gasteiger partial charge in [-0.3, -0.25) is 14.6 Å². The van der Waals surface area contributed by atoms with Crippen LogP contribution in [0.5, 0.6) is 0 Å². The van der Waals surface area contributed by atoms with E-state index in [9.17, 15) is 9.59 Å². The van der Waals surface area contributed by atoms with Crippen molar-refractivity contribution < 1.29 is 9.59 Å². The lowest BCUT2D eigenvalue weighted by Gasteiger charge is -2.36. The second-order valence-electron chi connectivity index (χ2n) is 9.60. The number of nitrogens with one attached hydrogen (secondary N) is 1. The van der Waals surface area contributed by atoms with Crippen LogP contribution in [0.4, 0.5) is 4.79 Å². The van der Waals surface area contributed by atoms with Crippen molar-refractivity contribution in [2.75, 3.05) is 32.8 Å². The number of nitrogens with zero attached hydrogens (tertiary/aromatic N) is 3. The number of benzene rings is 3. The van der Waals surface area contributed by atoms with E-state index >= 15 is 0 Å². The van der Waals surface area contributed by atoms with Crippen molar-refractivity contribution in [2.24, 2.45) is 0 Å². The van der Waals surface area contributed by atoms with Gasteiger partial charge in [-0.25, -0.2) is 9.69 Å². The number of hydrogen-bond donors (Lipinski definition) is 1. The molecule has 2 aliphatic rings. The summed E-state index contributed by atoms with van der Waals surface area (Å²) in [7, 11) is 0. The Morgan fingerprint density at radius 1 is 0.743 bits per heavy atom. The Bertz CT molecular complexity index is 1210. The maximum absolute atomic E-state index is 14.0. The highest BCUT2D eigenvalue weighted by Gasteiger charge is 2.54. The van der Waals surface area contributed by atoms with E-state index in [1.165, 1.54) is 10.5 Å². The van der Waals surface area contributed by atoms with E-state index in [0.29, 0.717) is 6.67 Å². The molecule has 0 aromatic heterocycles. The summed E-state index contributed by atoms with van der Waals surface area (Å²) in [6.07, 6.45) is 0. The lowest BCUT2D eigenvalue weighted by atomic mass is 9.81. The zero-order chi connectivity index (χ0) is 24.4. The van der Waals surface area contributed by atoms with Crippen molar-refractivity contribution in [3.05, 3.63) is 107 Å². The molecule has 0 unspecified atom stereocenters. The molecular weight excluding hydrogens is 436 g/mol. The third kappa shape index (κ3) is 4.47. The van der Waals surface area contributed by atoms with Gasteiger partial charge >= 0.3 is 6.03 Å². The van der Waals surface area contributed by atoms with Crippen LogP contribution in [0.3, 0.4) is 0 Å². The minimum absolute atomic E-state index is 0.219. The van der Waals surface area contributed by atoms with Gasteiger partial charge in [0.2, 0.25) is 0 Å². The number of aryl methyl sites for hydroxylation is 2. The summed E-state index contributed by atoms with van der Waals surface area (Å²) in [5.74, 6) is -0.219. The summed E-state index contributed by atoms with van der Waals surface area (Å²) in [6.45, 7) is 8.72. The maximum atomic E-state index is 14.0. The van der Waals surface area contributed by atoms with Crippen LogP contribution in [0.15, 0.2) is 78.9 Å². The van der Waals surface area contributed by atoms with Gasteiger partial charge in [-0.1, -0.05) is 78.9 Å². The number of carbonyl (C=O) groups is 2. The van der Waals surface area contributed by atoms with E-state index in [4.69, 9.17) is 0 Å². The van der Waals surface area contributed by atoms with Crippen molar-refractivity contribution in [2.45, 2.75) is 25.9 Å². The molecule has 1 atom stereocenters. The molecule has 35 heavy (non-hydrogen) atoms. The van der Waals surface area contributed by atoms with Crippen LogP contribution in [0.25, 0.3) is 0 Å². The molecule has 0 bridgehead atoms. The third-order valence-corrected chi connectivity index (χ3v) is 7.31. The lowest BCUT2D eigenvalue weighted by molar-refractivity contribution is -0.132. The Morgan fingerprint density at radius 2 is 1.37 bits per heavy atom. The number of rotatable bonds is 6. The summed E-state index contributed by atoms with van der Waals surface area (Å²) < 4.78 is 0. The molecule has 0 spiro atoms. The highest BCUT2D eigenvalue weighted by atomic mass is 16.2. The fourth-order valence-electron chi connectivity index (χ4n) is 5.06. The first-order valence-corrected chi connectivity index (χ1v) is 12.2. The van der Waals surface area contributed by atoms with Crippen LogP contribution < -0.4 is 5.32 Å². The zero-order valence-electron chi connectivity index (χ0n) is 20.4. The Hall–Kier alpha value is -3.48. The Labute approximate surface area is 207 Å². The number of imide groups is 1. The van der Waals surface area contributed by atoms with Gasteiger partial charge in [0.25, 0.3) is 5.91 Å². The molecule has 0 saturated carbocycles. The van der Waals surface area contributed by atoms with Gasteiger partial charge < -0.3 is 5.32 Å². The normalized spacial score (nSPS) is 21.4. The van der Waals surface area contributed by atoms with E-state index in [-0.39, 0.29) is 11.9 Å². The molecule has 3 aromatic carbocycles. The maximum Gasteiger partial charge on any atom is 0.326 e. The molecule has 2 heterocycles. The van der Waals surface area contributed by atoms with Crippen LogP contribution in [-0.4, -0.2) is 59.5 Å². The van der Waals surface area contributed by atoms with Crippen molar-refractivity contribution in [1.29, 1.82) is 0 Å². The molecular formula is C29H32N4O2. The molecule has 1 N–H and O–H groups in total. The molecule has 6 heteroatoms. The van der Waals surface area contributed by atoms with E-state index in [0.717, 1.165) is 55.0 Å². The first-order chi connectivity index (χ1) is 17.0. The minimum Gasteiger partial charge on any atom is -0.315 e. The lowest BCUT2D eigenvalue weighted by Crippen LogP contribution is -2.51. The molecule has 2 aliphatic heterocycles. The van der Waals surface area contributed by atoms with Gasteiger partial charge in [-0.2, -0.15) is 0 Å². The van der Waals surface area contributed by atoms with Crippen LogP contribution in [-0.2, 0) is 16.9 Å². The molecule has 180 valence electrons. The molecule has 2 saturated heterocycles. The molecule has 3 aromatic rings. The highest BCUT2D eigenvalue weighted by Crippen LogP contribution is 2.37. The zero-order valence-corrected chi connectivity index (χ0v) is 20.4. The predicted molar refractivity (Wildman–Crippen MR) is 137 cm³/mol. The summed E-state index contributed by atoms with van der Waals surface area (Å²) in [4.78, 5) is 33.3. The van der Waals surface area contributed by atoms with Crippen LogP contribution in [0, 0.1) is 13.8 Å². The second kappa shape index (κ2) is 9.64. The van der Waals surface area contributed by atoms with Gasteiger partial charge in [0.15, 0.2) is 5.54 Å². The first-order valence-electron chi connectivity index (χ1n) is 12.2. The van der Waals surface area contributed by atoms with Crippen molar-refractivity contribution in [3.63, 3.8) is 0 Å². The van der Waals surface area contributed by atoms with Gasteiger partial charge in [-0.15, -0.1) is 0 Å². The number of urea groups is 1. The predicted octanol–water partition coefficient (Wildman–Crippen LogP) is 3.87. The third-order valence-electron chi connectivity index (χ3n) is 7.31. The van der Waals surface area contributed by atoms with Gasteiger partial charge in [0, 0.05) is 32.7 Å². The summed E-state index contributed by atoms with van der Waals surface area (Å²) in [5, 5.41) is 3.08. The molecule has 0 aliphatic carbocycles. The highest BCUT2D eigenvalue weighted by molar-refractivity contribution is 6.09. The second-order valence-corrected chi connectivity index (χ2v) is 9.60. The van der Waals surface area contributed by atoms with Gasteiger partial charge in [-0.05, 0) is 41.7 Å². The van der Waals surface area contributed by atoms with Crippen LogP contribution >= 0.6 is 0 Å². The number of hydrogen-bond acceptors (Lipinski definition) is 4. The van der Waals surface area contributed by atoms with E-state index in [1.54, 1.807) is 0 Å². The quantitative estimate of drug-likeness (QED) is 0.558. The average molecular weight is 469 g/mol. The average Bonchev–Trinajstić information content (AvgIpc) is 3.13. The number of carbonyl (C=O) groups excluding carboxylic acids is 2. The van der Waals surface area contributed by atoms with Crippen molar-refractivity contribution in [1.82, 2.24) is 20.0 Å². The van der Waals surface area contributed by atoms with Crippen molar-refractivity contribution >= 4 is 11.9 Å². The van der Waals surface area contributed by atoms with E-state index in [1.807, 2.05) is 68.4 Å². The standard InChI is InChI=1S/C29H32N4O2/c1-22-13-14-26(19-23(22)2)29(25-11-7-4-8-12-25)27(34)33(28(35)30-29)21-32-17-15-31(16-18-32)20-24-9-5-3-6-10-24/h3-14,19H,15-18,20-21H2,1-2H3,(H,30,35)/t29-/m1/s1. The number of amides is 3. The number of piperazine rings is 1. The first kappa shape index (κ1) is 23.3. The Balaban J connectivity index is 1.34. The van der Waals surface area contributed by atoms with E-state index in [2.05, 4.69) is 39.4 Å². The molecule has 6 nitrogen and oxygen atoms in total. The Kier molecular flexibility index (Phi) is 6.41. The summed E-state index contributed by atoms with van der Waals surface area (Å²) >= 11 is 0. The summed E-state index contributed by atoms with van der Waals surface area (Å²) in [5.41, 5.74) is 3.89. The minimum atomic E-state index is -1.22. The van der Waals surface area contributed by atoms with E-state index < -0.39 is 5.54 Å². The topological polar surface area (TPSA) is 55.9 Å². The molecule has 2 fully saturated rings. The van der Waals surface area contributed by atoms with Gasteiger partial charge in [0.05, 0.1) is 6.67 Å². The fraction of sp³-hybridized carbons (Fsp3) is 0.310. The van der Waals surface area contributed by atoms with Crippen molar-refractivity contribution in [3.8, 4) is 0 Å². The monoisotopic (exact) mass is 468 g/mol. The Morgan fingerprint density at radius 3 is 2.03 bits per heavy atom. The fourth-order valence-corrected chi connectivity index (χ4v) is 5.06.